The van der Waals surface area contributed by atoms with Crippen molar-refractivity contribution in [1.29, 1.82) is 0 Å². The number of aromatic hydroxyl groups is 1. The van der Waals surface area contributed by atoms with Crippen LogP contribution in [0.4, 0.5) is 0 Å². The van der Waals surface area contributed by atoms with E-state index in [0.29, 0.717) is 18.2 Å². The first-order valence-electron chi connectivity index (χ1n) is 8.99. The Labute approximate surface area is 143 Å². The minimum Gasteiger partial charge on any atom is -0.504 e. The van der Waals surface area contributed by atoms with Crippen LogP contribution in [-0.2, 0) is 11.2 Å². The maximum absolute atomic E-state index is 12.3. The van der Waals surface area contributed by atoms with Gasteiger partial charge in [-0.05, 0) is 68.6 Å². The molecule has 2 aliphatic carbocycles. The number of methoxy groups -OCH3 is 1. The van der Waals surface area contributed by atoms with Crippen LogP contribution in [0, 0.1) is 5.92 Å². The summed E-state index contributed by atoms with van der Waals surface area (Å²) in [6, 6.07) is 5.35. The number of ether oxygens (including phenoxy) is 1. The normalized spacial score (nSPS) is 23.3. The molecule has 0 atom stereocenters. The molecular weight excluding hydrogens is 302 g/mol. The Morgan fingerprint density at radius 1 is 1.29 bits per heavy atom. The van der Waals surface area contributed by atoms with Crippen molar-refractivity contribution in [2.45, 2.75) is 57.4 Å². The van der Waals surface area contributed by atoms with Crippen molar-refractivity contribution >= 4 is 5.91 Å². The molecule has 4 heteroatoms. The Morgan fingerprint density at radius 2 is 2.04 bits per heavy atom. The molecule has 0 saturated heterocycles. The van der Waals surface area contributed by atoms with E-state index in [2.05, 4.69) is 11.4 Å². The van der Waals surface area contributed by atoms with E-state index in [-0.39, 0.29) is 11.7 Å². The maximum atomic E-state index is 12.3. The third-order valence-corrected chi connectivity index (χ3v) is 5.21. The number of phenols is 1. The summed E-state index contributed by atoms with van der Waals surface area (Å²) in [7, 11) is 1.51. The topological polar surface area (TPSA) is 58.6 Å². The molecule has 2 N–H and O–H groups in total. The molecule has 0 aliphatic heterocycles. The van der Waals surface area contributed by atoms with Crippen molar-refractivity contribution in [3.63, 3.8) is 0 Å². The molecule has 24 heavy (non-hydrogen) atoms. The molecule has 0 unspecified atom stereocenters. The quantitative estimate of drug-likeness (QED) is 0.809. The summed E-state index contributed by atoms with van der Waals surface area (Å²) >= 11 is 0. The van der Waals surface area contributed by atoms with Crippen LogP contribution in [0.25, 0.3) is 0 Å². The molecule has 130 valence electrons. The predicted molar refractivity (Wildman–Crippen MR) is 94.2 cm³/mol. The van der Waals surface area contributed by atoms with Crippen LogP contribution in [0.15, 0.2) is 29.8 Å². The van der Waals surface area contributed by atoms with Crippen molar-refractivity contribution in [1.82, 2.24) is 5.32 Å². The number of rotatable bonds is 5. The Kier molecular flexibility index (Phi) is 5.44. The van der Waals surface area contributed by atoms with Gasteiger partial charge in [-0.1, -0.05) is 17.7 Å². The molecule has 0 heterocycles. The van der Waals surface area contributed by atoms with Crippen LogP contribution >= 0.6 is 0 Å². The molecular formula is C20H27NO3. The zero-order valence-electron chi connectivity index (χ0n) is 14.4. The monoisotopic (exact) mass is 329 g/mol. The van der Waals surface area contributed by atoms with Gasteiger partial charge in [0.25, 0.3) is 0 Å². The van der Waals surface area contributed by atoms with Gasteiger partial charge in [0.05, 0.1) is 13.5 Å². The van der Waals surface area contributed by atoms with Gasteiger partial charge in [0, 0.05) is 6.04 Å². The first-order valence-corrected chi connectivity index (χ1v) is 8.99. The number of hydrogen-bond donors (Lipinski definition) is 2. The summed E-state index contributed by atoms with van der Waals surface area (Å²) in [6.45, 7) is 0. The zero-order chi connectivity index (χ0) is 16.9. The van der Waals surface area contributed by atoms with Crippen molar-refractivity contribution in [3.8, 4) is 11.5 Å². The Bertz CT molecular complexity index is 609. The number of carbonyl (C=O) groups excluding carboxylic acids is 1. The zero-order valence-corrected chi connectivity index (χ0v) is 14.4. The van der Waals surface area contributed by atoms with Crippen LogP contribution in [0.1, 0.15) is 50.5 Å². The van der Waals surface area contributed by atoms with E-state index in [1.807, 2.05) is 0 Å². The average molecular weight is 329 g/mol. The third-order valence-electron chi connectivity index (χ3n) is 5.21. The molecule has 1 aromatic carbocycles. The second kappa shape index (κ2) is 7.73. The second-order valence-corrected chi connectivity index (χ2v) is 7.04. The average Bonchev–Trinajstić information content (AvgIpc) is 2.54. The molecule has 2 fully saturated rings. The third kappa shape index (κ3) is 4.31. The van der Waals surface area contributed by atoms with Gasteiger partial charge < -0.3 is 15.2 Å². The van der Waals surface area contributed by atoms with Crippen LogP contribution in [0.3, 0.4) is 0 Å². The molecule has 0 spiro atoms. The SMILES string of the molecule is COc1cc(CC(=O)N[C@H]2CC[C@H](C=C3CCC3)CC2)ccc1O. The highest BCUT2D eigenvalue weighted by molar-refractivity contribution is 5.79. The summed E-state index contributed by atoms with van der Waals surface area (Å²) in [5.74, 6) is 1.27. The molecule has 3 rings (SSSR count). The summed E-state index contributed by atoms with van der Waals surface area (Å²) in [5.41, 5.74) is 2.49. The number of amides is 1. The number of hydrogen-bond acceptors (Lipinski definition) is 3. The molecule has 1 aromatic rings. The Hall–Kier alpha value is -1.97. The number of nitrogens with one attached hydrogen (secondary N) is 1. The standard InChI is InChI=1S/C20H27NO3/c1-24-19-12-16(7-10-18(19)22)13-20(23)21-17-8-5-15(6-9-17)11-14-3-2-4-14/h7,10-12,15,17,22H,2-6,8-9,13H2,1H3,(H,21,23)/t15-,17-. The van der Waals surface area contributed by atoms with Crippen molar-refractivity contribution in [2.24, 2.45) is 5.92 Å². The van der Waals surface area contributed by atoms with Crippen molar-refractivity contribution in [2.75, 3.05) is 7.11 Å². The van der Waals surface area contributed by atoms with E-state index in [9.17, 15) is 9.90 Å². The van der Waals surface area contributed by atoms with Gasteiger partial charge in [0.1, 0.15) is 0 Å². The summed E-state index contributed by atoms with van der Waals surface area (Å²) < 4.78 is 5.09. The first kappa shape index (κ1) is 16.9. The van der Waals surface area contributed by atoms with Gasteiger partial charge in [0.15, 0.2) is 11.5 Å². The summed E-state index contributed by atoms with van der Waals surface area (Å²) in [4.78, 5) is 12.3. The maximum Gasteiger partial charge on any atom is 0.224 e. The lowest BCUT2D eigenvalue weighted by Gasteiger charge is -2.29. The van der Waals surface area contributed by atoms with E-state index < -0.39 is 0 Å². The molecule has 0 radical (unpaired) electrons. The lowest BCUT2D eigenvalue weighted by molar-refractivity contribution is -0.121. The van der Waals surface area contributed by atoms with Crippen LogP contribution in [-0.4, -0.2) is 24.2 Å². The predicted octanol–water partition coefficient (Wildman–Crippen LogP) is 3.73. The summed E-state index contributed by atoms with van der Waals surface area (Å²) in [6.07, 6.45) is 11.3. The van der Waals surface area contributed by atoms with E-state index in [1.54, 1.807) is 23.8 Å². The van der Waals surface area contributed by atoms with Gasteiger partial charge in [-0.25, -0.2) is 0 Å². The van der Waals surface area contributed by atoms with E-state index in [4.69, 9.17) is 4.74 Å². The fraction of sp³-hybridized carbons (Fsp3) is 0.550. The van der Waals surface area contributed by atoms with Crippen LogP contribution in [0.5, 0.6) is 11.5 Å². The number of phenolic OH excluding ortho intramolecular Hbond substituents is 1. The molecule has 1 amide bonds. The first-order chi connectivity index (χ1) is 11.6. The molecule has 2 saturated carbocycles. The largest absolute Gasteiger partial charge is 0.504 e. The second-order valence-electron chi connectivity index (χ2n) is 7.04. The van der Waals surface area contributed by atoms with Crippen molar-refractivity contribution < 1.29 is 14.6 Å². The molecule has 2 aliphatic rings. The van der Waals surface area contributed by atoms with E-state index in [1.165, 1.54) is 39.2 Å². The lowest BCUT2D eigenvalue weighted by Crippen LogP contribution is -2.38. The van der Waals surface area contributed by atoms with Crippen LogP contribution < -0.4 is 10.1 Å². The van der Waals surface area contributed by atoms with E-state index in [0.717, 1.165) is 24.3 Å². The van der Waals surface area contributed by atoms with Crippen LogP contribution in [0.2, 0.25) is 0 Å². The fourth-order valence-corrected chi connectivity index (χ4v) is 3.61. The molecule has 0 aromatic heterocycles. The molecule has 4 nitrogen and oxygen atoms in total. The highest BCUT2D eigenvalue weighted by Gasteiger charge is 2.22. The van der Waals surface area contributed by atoms with Gasteiger partial charge >= 0.3 is 0 Å². The Balaban J connectivity index is 1.45. The fourth-order valence-electron chi connectivity index (χ4n) is 3.61. The smallest absolute Gasteiger partial charge is 0.224 e. The number of benzene rings is 1. The number of carbonyl (C=O) groups is 1. The molecule has 0 bridgehead atoms. The Morgan fingerprint density at radius 3 is 2.67 bits per heavy atom. The highest BCUT2D eigenvalue weighted by atomic mass is 16.5. The minimum atomic E-state index is 0.0449. The van der Waals surface area contributed by atoms with E-state index >= 15 is 0 Å². The number of allylic oxidation sites excluding steroid dienone is 2. The van der Waals surface area contributed by atoms with Gasteiger partial charge in [0.2, 0.25) is 5.91 Å². The summed E-state index contributed by atoms with van der Waals surface area (Å²) in [5, 5.41) is 12.8. The minimum absolute atomic E-state index is 0.0449. The highest BCUT2D eigenvalue weighted by Crippen LogP contribution is 2.32. The van der Waals surface area contributed by atoms with Gasteiger partial charge in [-0.15, -0.1) is 0 Å². The lowest BCUT2D eigenvalue weighted by atomic mass is 9.81. The van der Waals surface area contributed by atoms with Crippen molar-refractivity contribution in [3.05, 3.63) is 35.4 Å². The van der Waals surface area contributed by atoms with Gasteiger partial charge in [-0.3, -0.25) is 4.79 Å². The van der Waals surface area contributed by atoms with Gasteiger partial charge in [-0.2, -0.15) is 0 Å².